The largest absolute Gasteiger partial charge is 0.493 e. The van der Waals surface area contributed by atoms with Crippen LogP contribution in [0.1, 0.15) is 73.2 Å². The number of ether oxygens (including phenoxy) is 2. The summed E-state index contributed by atoms with van der Waals surface area (Å²) in [5.41, 5.74) is 5.09. The summed E-state index contributed by atoms with van der Waals surface area (Å²) in [7, 11) is -0.438. The van der Waals surface area contributed by atoms with E-state index in [1.165, 1.54) is 37.3 Å². The fourth-order valence-corrected chi connectivity index (χ4v) is 7.05. The van der Waals surface area contributed by atoms with Crippen molar-refractivity contribution in [1.29, 1.82) is 0 Å². The monoisotopic (exact) mass is 595 g/mol. The second-order valence-corrected chi connectivity index (χ2v) is 13.4. The van der Waals surface area contributed by atoms with E-state index in [9.17, 15) is 18.0 Å². The van der Waals surface area contributed by atoms with E-state index in [2.05, 4.69) is 16.7 Å². The van der Waals surface area contributed by atoms with Crippen LogP contribution >= 0.6 is 0 Å². The Hall–Kier alpha value is -3.37. The number of rotatable bonds is 9. The number of primary sulfonamides is 1. The number of hydrogen-bond acceptors (Lipinski definition) is 6. The highest BCUT2D eigenvalue weighted by atomic mass is 32.2. The van der Waals surface area contributed by atoms with Crippen LogP contribution in [0.25, 0.3) is 22.2 Å². The van der Waals surface area contributed by atoms with Crippen molar-refractivity contribution in [1.82, 2.24) is 9.47 Å². The molecule has 2 aromatic carbocycles. The lowest BCUT2D eigenvalue weighted by Crippen LogP contribution is -2.31. The lowest BCUT2D eigenvalue weighted by atomic mass is 9.81. The number of amides is 1. The van der Waals surface area contributed by atoms with E-state index >= 15 is 0 Å². The number of benzene rings is 2. The molecule has 1 unspecified atom stereocenters. The Morgan fingerprint density at radius 1 is 1.12 bits per heavy atom. The van der Waals surface area contributed by atoms with Crippen molar-refractivity contribution in [2.24, 2.45) is 11.1 Å². The van der Waals surface area contributed by atoms with Gasteiger partial charge in [0.25, 0.3) is 0 Å². The molecule has 2 heterocycles. The average molecular weight is 596 g/mol. The number of sulfonamides is 1. The van der Waals surface area contributed by atoms with Gasteiger partial charge < -0.3 is 18.9 Å². The minimum atomic E-state index is -3.59. The smallest absolute Gasteiger partial charge is 0.337 e. The molecule has 10 heteroatoms. The van der Waals surface area contributed by atoms with Gasteiger partial charge in [0.1, 0.15) is 5.75 Å². The first-order valence-corrected chi connectivity index (χ1v) is 16.6. The number of fused-ring (bicyclic) bond motifs is 5. The molecule has 1 aromatic heterocycles. The van der Waals surface area contributed by atoms with E-state index < -0.39 is 10.0 Å². The van der Waals surface area contributed by atoms with Gasteiger partial charge >= 0.3 is 5.97 Å². The standard InChI is InChI=1S/C32H41N3O6S/c1-34(29(36)13-8-18-42(33,38)39)17-16-22-20-35-27-19-24(32(37)40-2)14-15-25(27)30(23-9-4-3-5-10-23)31(35)26-11-6-7-12-28(26)41-21-22/h6-7,11-12,14-15,19,22-23H,3-5,8-10,13,16-18,20-21H2,1-2H3,(H2,33,38,39). The number of nitrogens with two attached hydrogens (primary N) is 1. The SMILES string of the molecule is COC(=O)c1ccc2c(C3CCCCC3)c3n(c2c1)CC(CCN(C)C(=O)CCCS(N)(=O)=O)COc1ccccc1-3. The van der Waals surface area contributed by atoms with Crippen LogP contribution in [0.3, 0.4) is 0 Å². The second kappa shape index (κ2) is 12.9. The average Bonchev–Trinajstić information content (AvgIpc) is 3.29. The summed E-state index contributed by atoms with van der Waals surface area (Å²) >= 11 is 0. The third-order valence-corrected chi connectivity index (χ3v) is 9.57. The highest BCUT2D eigenvalue weighted by molar-refractivity contribution is 7.89. The van der Waals surface area contributed by atoms with Crippen molar-refractivity contribution in [3.63, 3.8) is 0 Å². The first kappa shape index (κ1) is 30.1. The van der Waals surface area contributed by atoms with Crippen LogP contribution < -0.4 is 9.88 Å². The molecule has 5 rings (SSSR count). The maximum absolute atomic E-state index is 12.7. The molecule has 2 aliphatic rings. The number of carbonyl (C=O) groups is 2. The minimum absolute atomic E-state index is 0.0911. The van der Waals surface area contributed by atoms with Gasteiger partial charge in [-0.15, -0.1) is 0 Å². The molecule has 0 spiro atoms. The van der Waals surface area contributed by atoms with Crippen LogP contribution in [0, 0.1) is 5.92 Å². The number of hydrogen-bond donors (Lipinski definition) is 1. The van der Waals surface area contributed by atoms with Gasteiger partial charge in [0.2, 0.25) is 15.9 Å². The first-order valence-electron chi connectivity index (χ1n) is 14.9. The van der Waals surface area contributed by atoms with Crippen LogP contribution in [-0.2, 0) is 26.1 Å². The number of para-hydroxylation sites is 1. The molecular formula is C32H41N3O6S. The molecule has 1 amide bonds. The summed E-state index contributed by atoms with van der Waals surface area (Å²) in [6.45, 7) is 1.67. The molecular weight excluding hydrogens is 554 g/mol. The fourth-order valence-electron chi connectivity index (χ4n) is 6.50. The van der Waals surface area contributed by atoms with E-state index in [-0.39, 0.29) is 36.4 Å². The van der Waals surface area contributed by atoms with Crippen LogP contribution in [0.4, 0.5) is 0 Å². The Kier molecular flexibility index (Phi) is 9.22. The summed E-state index contributed by atoms with van der Waals surface area (Å²) < 4.78 is 36.4. The van der Waals surface area contributed by atoms with Crippen LogP contribution in [-0.4, -0.2) is 62.8 Å². The Morgan fingerprint density at radius 2 is 1.88 bits per heavy atom. The molecule has 0 bridgehead atoms. The second-order valence-electron chi connectivity index (χ2n) is 11.7. The van der Waals surface area contributed by atoms with Crippen molar-refractivity contribution >= 4 is 32.8 Å². The van der Waals surface area contributed by atoms with Crippen molar-refractivity contribution in [2.75, 3.05) is 33.1 Å². The number of aromatic nitrogens is 1. The lowest BCUT2D eigenvalue weighted by Gasteiger charge is -2.29. The topological polar surface area (TPSA) is 121 Å². The van der Waals surface area contributed by atoms with Crippen LogP contribution in [0.5, 0.6) is 5.75 Å². The van der Waals surface area contributed by atoms with Gasteiger partial charge in [-0.1, -0.05) is 37.5 Å². The summed E-state index contributed by atoms with van der Waals surface area (Å²) in [5, 5.41) is 6.25. The van der Waals surface area contributed by atoms with E-state index in [1.807, 2.05) is 30.3 Å². The lowest BCUT2D eigenvalue weighted by molar-refractivity contribution is -0.130. The molecule has 1 aliphatic carbocycles. The molecule has 42 heavy (non-hydrogen) atoms. The van der Waals surface area contributed by atoms with Crippen LogP contribution in [0.2, 0.25) is 0 Å². The maximum Gasteiger partial charge on any atom is 0.337 e. The first-order chi connectivity index (χ1) is 20.2. The zero-order valence-corrected chi connectivity index (χ0v) is 25.3. The van der Waals surface area contributed by atoms with Crippen molar-refractivity contribution in [3.05, 3.63) is 53.6 Å². The van der Waals surface area contributed by atoms with Gasteiger partial charge in [-0.2, -0.15) is 0 Å². The van der Waals surface area contributed by atoms with Crippen molar-refractivity contribution in [3.8, 4) is 17.0 Å². The minimum Gasteiger partial charge on any atom is -0.493 e. The predicted molar refractivity (Wildman–Crippen MR) is 163 cm³/mol. The maximum atomic E-state index is 12.7. The molecule has 1 aliphatic heterocycles. The number of nitrogens with zero attached hydrogens (tertiary/aromatic N) is 2. The predicted octanol–water partition coefficient (Wildman–Crippen LogP) is 5.07. The van der Waals surface area contributed by atoms with Gasteiger partial charge in [0, 0.05) is 48.9 Å². The molecule has 1 fully saturated rings. The van der Waals surface area contributed by atoms with Crippen molar-refractivity contribution < 1.29 is 27.5 Å². The number of esters is 1. The van der Waals surface area contributed by atoms with Gasteiger partial charge in [0.05, 0.1) is 30.7 Å². The van der Waals surface area contributed by atoms with E-state index in [0.29, 0.717) is 37.6 Å². The molecule has 226 valence electrons. The molecule has 3 aromatic rings. The number of carbonyl (C=O) groups excluding carboxylic acids is 2. The summed E-state index contributed by atoms with van der Waals surface area (Å²) in [5.74, 6) is 0.680. The van der Waals surface area contributed by atoms with Crippen LogP contribution in [0.15, 0.2) is 42.5 Å². The zero-order valence-electron chi connectivity index (χ0n) is 24.5. The van der Waals surface area contributed by atoms with E-state index in [1.54, 1.807) is 11.9 Å². The number of methoxy groups -OCH3 is 1. The molecule has 1 atom stereocenters. The highest BCUT2D eigenvalue weighted by Gasteiger charge is 2.31. The summed E-state index contributed by atoms with van der Waals surface area (Å²) in [4.78, 5) is 26.9. The normalized spacial score (nSPS) is 17.5. The van der Waals surface area contributed by atoms with Gasteiger partial charge in [-0.25, -0.2) is 18.4 Å². The molecule has 9 nitrogen and oxygen atoms in total. The Balaban J connectivity index is 1.50. The molecule has 0 radical (unpaired) electrons. The molecule has 2 N–H and O–H groups in total. The third-order valence-electron chi connectivity index (χ3n) is 8.71. The summed E-state index contributed by atoms with van der Waals surface area (Å²) in [6, 6.07) is 14.1. The Morgan fingerprint density at radius 3 is 2.62 bits per heavy atom. The quantitative estimate of drug-likeness (QED) is 0.345. The van der Waals surface area contributed by atoms with Crippen molar-refractivity contribution in [2.45, 2.75) is 63.8 Å². The molecule has 1 saturated carbocycles. The molecule has 0 saturated heterocycles. The summed E-state index contributed by atoms with van der Waals surface area (Å²) in [6.07, 6.45) is 6.97. The van der Waals surface area contributed by atoms with E-state index in [4.69, 9.17) is 14.6 Å². The van der Waals surface area contributed by atoms with Gasteiger partial charge in [0.15, 0.2) is 0 Å². The Bertz CT molecular complexity index is 1560. The highest BCUT2D eigenvalue weighted by Crippen LogP contribution is 2.47. The van der Waals surface area contributed by atoms with E-state index in [0.717, 1.165) is 35.4 Å². The van der Waals surface area contributed by atoms with Gasteiger partial charge in [-0.3, -0.25) is 4.79 Å². The third kappa shape index (κ3) is 6.65. The zero-order chi connectivity index (χ0) is 29.9. The van der Waals surface area contributed by atoms with Gasteiger partial charge in [-0.05, 0) is 61.4 Å². The Labute approximate surface area is 248 Å². The fraction of sp³-hybridized carbons (Fsp3) is 0.500.